The summed E-state index contributed by atoms with van der Waals surface area (Å²) in [7, 11) is 0. The van der Waals surface area contributed by atoms with Crippen LogP contribution in [0.15, 0.2) is 54.3 Å². The van der Waals surface area contributed by atoms with Gasteiger partial charge in [0.25, 0.3) is 0 Å². The van der Waals surface area contributed by atoms with Gasteiger partial charge in [0.2, 0.25) is 0 Å². The van der Waals surface area contributed by atoms with Crippen molar-refractivity contribution in [1.82, 2.24) is 4.98 Å². The lowest BCUT2D eigenvalue weighted by molar-refractivity contribution is 0.411. The summed E-state index contributed by atoms with van der Waals surface area (Å²) < 4.78 is 0. The molecule has 1 aliphatic rings. The minimum absolute atomic E-state index is 0.202. The van der Waals surface area contributed by atoms with E-state index in [0.717, 1.165) is 27.4 Å². The van der Waals surface area contributed by atoms with Crippen molar-refractivity contribution >= 4 is 28.4 Å². The van der Waals surface area contributed by atoms with Crippen LogP contribution in [0.2, 0.25) is 0 Å². The Balaban J connectivity index is 1.71. The Morgan fingerprint density at radius 1 is 1.07 bits per heavy atom. The summed E-state index contributed by atoms with van der Waals surface area (Å²) in [6.07, 6.45) is 0. The average molecular weight is 375 g/mol. The standard InChI is InChI=1S/C22H21N3OS/c1-13-9-10-17(14(2)11-13)25-12-18(26)19(21(25)23)22-24-20(15(3)27-22)16-7-5-4-6-8-16/h4-11,23,26H,12H2,1-3H3. The van der Waals surface area contributed by atoms with Gasteiger partial charge in [0, 0.05) is 16.1 Å². The van der Waals surface area contributed by atoms with Gasteiger partial charge in [-0.1, -0.05) is 48.0 Å². The normalized spacial score (nSPS) is 14.3. The SMILES string of the molecule is Cc1ccc(N2CC(O)=C(c3nc(-c4ccccc4)c(C)s3)C2=N)c(C)c1. The van der Waals surface area contributed by atoms with Crippen molar-refractivity contribution in [3.8, 4) is 11.3 Å². The number of hydrogen-bond donors (Lipinski definition) is 2. The molecule has 0 radical (unpaired) electrons. The van der Waals surface area contributed by atoms with E-state index in [2.05, 4.69) is 13.0 Å². The molecular weight excluding hydrogens is 354 g/mol. The molecule has 0 saturated carbocycles. The van der Waals surface area contributed by atoms with Gasteiger partial charge >= 0.3 is 0 Å². The number of amidine groups is 1. The monoisotopic (exact) mass is 375 g/mol. The lowest BCUT2D eigenvalue weighted by Gasteiger charge is -2.21. The Morgan fingerprint density at radius 3 is 2.52 bits per heavy atom. The van der Waals surface area contributed by atoms with Gasteiger partial charge in [-0.05, 0) is 32.4 Å². The van der Waals surface area contributed by atoms with E-state index < -0.39 is 0 Å². The zero-order valence-electron chi connectivity index (χ0n) is 15.6. The van der Waals surface area contributed by atoms with E-state index in [1.54, 1.807) is 0 Å². The number of nitrogens with one attached hydrogen (secondary N) is 1. The van der Waals surface area contributed by atoms with E-state index in [0.29, 0.717) is 23.0 Å². The fraction of sp³-hybridized carbons (Fsp3) is 0.182. The van der Waals surface area contributed by atoms with Crippen LogP contribution in [0.1, 0.15) is 21.0 Å². The number of benzene rings is 2. The number of aromatic nitrogens is 1. The predicted molar refractivity (Wildman–Crippen MR) is 113 cm³/mol. The van der Waals surface area contributed by atoms with E-state index in [4.69, 9.17) is 10.4 Å². The molecule has 0 atom stereocenters. The Morgan fingerprint density at radius 2 is 1.81 bits per heavy atom. The number of aliphatic hydroxyl groups is 1. The summed E-state index contributed by atoms with van der Waals surface area (Å²) >= 11 is 1.52. The number of rotatable bonds is 3. The highest BCUT2D eigenvalue weighted by Crippen LogP contribution is 2.37. The summed E-state index contributed by atoms with van der Waals surface area (Å²) in [6, 6.07) is 16.2. The summed E-state index contributed by atoms with van der Waals surface area (Å²) in [5.74, 6) is 0.501. The molecule has 4 rings (SSSR count). The van der Waals surface area contributed by atoms with Crippen LogP contribution in [-0.4, -0.2) is 22.5 Å². The van der Waals surface area contributed by atoms with E-state index in [1.807, 2.05) is 61.2 Å². The van der Waals surface area contributed by atoms with Crippen LogP contribution in [0, 0.1) is 26.2 Å². The highest BCUT2D eigenvalue weighted by atomic mass is 32.1. The quantitative estimate of drug-likeness (QED) is 0.635. The van der Waals surface area contributed by atoms with Gasteiger partial charge in [0.05, 0.1) is 17.8 Å². The zero-order chi connectivity index (χ0) is 19.1. The van der Waals surface area contributed by atoms with E-state index in [1.165, 1.54) is 16.9 Å². The number of anilines is 1. The van der Waals surface area contributed by atoms with Gasteiger partial charge in [0.15, 0.2) is 0 Å². The summed E-state index contributed by atoms with van der Waals surface area (Å²) in [4.78, 5) is 7.68. The first-order chi connectivity index (χ1) is 13.0. The minimum Gasteiger partial charge on any atom is -0.510 e. The van der Waals surface area contributed by atoms with Gasteiger partial charge in [-0.25, -0.2) is 4.98 Å². The summed E-state index contributed by atoms with van der Waals surface area (Å²) in [5.41, 5.74) is 5.72. The predicted octanol–water partition coefficient (Wildman–Crippen LogP) is 5.50. The molecule has 0 aliphatic carbocycles. The largest absolute Gasteiger partial charge is 0.510 e. The minimum atomic E-state index is 0.202. The topological polar surface area (TPSA) is 60.2 Å². The molecule has 0 amide bonds. The second-order valence-electron chi connectivity index (χ2n) is 6.84. The third-order valence-corrected chi connectivity index (χ3v) is 5.79. The summed E-state index contributed by atoms with van der Waals surface area (Å²) in [6.45, 7) is 6.42. The molecule has 0 saturated heterocycles. The van der Waals surface area contributed by atoms with E-state index in [9.17, 15) is 5.11 Å². The molecule has 0 spiro atoms. The smallest absolute Gasteiger partial charge is 0.139 e. The van der Waals surface area contributed by atoms with Crippen molar-refractivity contribution in [3.05, 3.63) is 75.3 Å². The Kier molecular flexibility index (Phi) is 4.32. The highest BCUT2D eigenvalue weighted by Gasteiger charge is 2.32. The molecule has 1 aromatic heterocycles. The molecule has 1 aliphatic heterocycles. The Labute approximate surface area is 163 Å². The zero-order valence-corrected chi connectivity index (χ0v) is 16.4. The summed E-state index contributed by atoms with van der Waals surface area (Å²) in [5, 5.41) is 20.0. The van der Waals surface area contributed by atoms with Gasteiger partial charge in [-0.2, -0.15) is 0 Å². The van der Waals surface area contributed by atoms with Gasteiger partial charge in [-0.3, -0.25) is 5.41 Å². The third-order valence-electron chi connectivity index (χ3n) is 4.80. The lowest BCUT2D eigenvalue weighted by atomic mass is 10.1. The first-order valence-electron chi connectivity index (χ1n) is 8.84. The van der Waals surface area contributed by atoms with Gasteiger partial charge < -0.3 is 10.0 Å². The van der Waals surface area contributed by atoms with Crippen LogP contribution >= 0.6 is 11.3 Å². The fourth-order valence-corrected chi connectivity index (χ4v) is 4.49. The number of hydrogen-bond acceptors (Lipinski definition) is 4. The van der Waals surface area contributed by atoms with Gasteiger partial charge in [0.1, 0.15) is 16.6 Å². The number of aliphatic hydroxyl groups excluding tert-OH is 1. The number of aryl methyl sites for hydroxylation is 3. The maximum absolute atomic E-state index is 10.6. The Bertz CT molecular complexity index is 1070. The van der Waals surface area contributed by atoms with Crippen molar-refractivity contribution in [3.63, 3.8) is 0 Å². The van der Waals surface area contributed by atoms with Crippen LogP contribution in [-0.2, 0) is 0 Å². The molecule has 136 valence electrons. The number of thiazole rings is 1. The van der Waals surface area contributed by atoms with Crippen LogP contribution in [0.3, 0.4) is 0 Å². The molecule has 2 heterocycles. The maximum Gasteiger partial charge on any atom is 0.139 e. The lowest BCUT2D eigenvalue weighted by Crippen LogP contribution is -2.26. The third kappa shape index (κ3) is 3.04. The molecule has 0 fully saturated rings. The fourth-order valence-electron chi connectivity index (χ4n) is 3.49. The molecule has 27 heavy (non-hydrogen) atoms. The van der Waals surface area contributed by atoms with Gasteiger partial charge in [-0.15, -0.1) is 11.3 Å². The highest BCUT2D eigenvalue weighted by molar-refractivity contribution is 7.13. The van der Waals surface area contributed by atoms with E-state index in [-0.39, 0.29) is 5.76 Å². The molecule has 4 nitrogen and oxygen atoms in total. The Hall–Kier alpha value is -2.92. The molecule has 3 aromatic rings. The second kappa shape index (κ2) is 6.67. The molecule has 0 unspecified atom stereocenters. The van der Waals surface area contributed by atoms with Crippen molar-refractivity contribution in [2.75, 3.05) is 11.4 Å². The molecular formula is C22H21N3OS. The average Bonchev–Trinajstić information content (AvgIpc) is 3.15. The van der Waals surface area contributed by atoms with Crippen molar-refractivity contribution < 1.29 is 5.11 Å². The first kappa shape index (κ1) is 17.5. The van der Waals surface area contributed by atoms with Crippen LogP contribution in [0.5, 0.6) is 0 Å². The van der Waals surface area contributed by atoms with Crippen LogP contribution in [0.25, 0.3) is 16.8 Å². The van der Waals surface area contributed by atoms with Crippen LogP contribution < -0.4 is 4.90 Å². The first-order valence-corrected chi connectivity index (χ1v) is 9.66. The van der Waals surface area contributed by atoms with Crippen molar-refractivity contribution in [1.29, 1.82) is 5.41 Å². The van der Waals surface area contributed by atoms with E-state index >= 15 is 0 Å². The molecule has 2 N–H and O–H groups in total. The molecule has 5 heteroatoms. The van der Waals surface area contributed by atoms with Crippen molar-refractivity contribution in [2.45, 2.75) is 20.8 Å². The maximum atomic E-state index is 10.6. The number of nitrogens with zero attached hydrogens (tertiary/aromatic N) is 2. The molecule has 0 bridgehead atoms. The molecule has 2 aromatic carbocycles. The van der Waals surface area contributed by atoms with Crippen LogP contribution in [0.4, 0.5) is 5.69 Å². The van der Waals surface area contributed by atoms with Crippen molar-refractivity contribution in [2.24, 2.45) is 0 Å². The second-order valence-corrected chi connectivity index (χ2v) is 8.04.